The standard InChI is InChI=1S/C15H27NO2/c16-14(13-9-5-2-6-10-13)15(17)18-11-12-7-3-1-4-8-12/h12-14H,1-11,16H2. The zero-order valence-electron chi connectivity index (χ0n) is 11.4. The molecule has 3 heteroatoms. The maximum atomic E-state index is 11.9. The summed E-state index contributed by atoms with van der Waals surface area (Å²) in [6, 6.07) is -0.381. The molecule has 0 aromatic carbocycles. The number of ether oxygens (including phenoxy) is 1. The van der Waals surface area contributed by atoms with Crippen LogP contribution in [-0.2, 0) is 9.53 Å². The lowest BCUT2D eigenvalue weighted by atomic mass is 9.84. The molecule has 0 spiro atoms. The highest BCUT2D eigenvalue weighted by Gasteiger charge is 2.28. The SMILES string of the molecule is NC(C(=O)OCC1CCCCC1)C1CCCCC1. The van der Waals surface area contributed by atoms with Crippen molar-refractivity contribution in [2.45, 2.75) is 70.3 Å². The Balaban J connectivity index is 1.69. The van der Waals surface area contributed by atoms with Crippen LogP contribution in [0.25, 0.3) is 0 Å². The molecule has 0 bridgehead atoms. The van der Waals surface area contributed by atoms with Gasteiger partial charge >= 0.3 is 5.97 Å². The first-order valence-corrected chi connectivity index (χ1v) is 7.69. The summed E-state index contributed by atoms with van der Waals surface area (Å²) in [4.78, 5) is 11.9. The molecule has 0 saturated heterocycles. The molecule has 2 saturated carbocycles. The monoisotopic (exact) mass is 253 g/mol. The minimum Gasteiger partial charge on any atom is -0.464 e. The van der Waals surface area contributed by atoms with Crippen LogP contribution in [0, 0.1) is 11.8 Å². The lowest BCUT2D eigenvalue weighted by Crippen LogP contribution is -2.41. The first-order valence-electron chi connectivity index (χ1n) is 7.69. The summed E-state index contributed by atoms with van der Waals surface area (Å²) < 4.78 is 5.43. The molecule has 3 nitrogen and oxygen atoms in total. The zero-order valence-corrected chi connectivity index (χ0v) is 11.4. The highest BCUT2D eigenvalue weighted by atomic mass is 16.5. The van der Waals surface area contributed by atoms with Gasteiger partial charge in [-0.15, -0.1) is 0 Å². The summed E-state index contributed by atoms with van der Waals surface area (Å²) in [5.74, 6) is 0.784. The van der Waals surface area contributed by atoms with Crippen LogP contribution in [-0.4, -0.2) is 18.6 Å². The Morgan fingerprint density at radius 3 is 2.17 bits per heavy atom. The molecule has 0 aromatic heterocycles. The van der Waals surface area contributed by atoms with Crippen LogP contribution in [0.3, 0.4) is 0 Å². The maximum Gasteiger partial charge on any atom is 0.323 e. The fourth-order valence-electron chi connectivity index (χ4n) is 3.34. The van der Waals surface area contributed by atoms with Crippen molar-refractivity contribution in [2.75, 3.05) is 6.61 Å². The molecular formula is C15H27NO2. The molecule has 0 aliphatic heterocycles. The molecule has 0 radical (unpaired) electrons. The molecule has 2 N–H and O–H groups in total. The van der Waals surface area contributed by atoms with Crippen LogP contribution in [0.4, 0.5) is 0 Å². The van der Waals surface area contributed by atoms with Gasteiger partial charge in [-0.1, -0.05) is 38.5 Å². The van der Waals surface area contributed by atoms with E-state index in [-0.39, 0.29) is 12.0 Å². The van der Waals surface area contributed by atoms with Crippen LogP contribution in [0.2, 0.25) is 0 Å². The minimum atomic E-state index is -0.381. The first kappa shape index (κ1) is 13.9. The van der Waals surface area contributed by atoms with Crippen molar-refractivity contribution < 1.29 is 9.53 Å². The van der Waals surface area contributed by atoms with Gasteiger partial charge in [0, 0.05) is 0 Å². The van der Waals surface area contributed by atoms with Gasteiger partial charge in [-0.05, 0) is 37.5 Å². The third-order valence-electron chi connectivity index (χ3n) is 4.62. The molecule has 0 heterocycles. The van der Waals surface area contributed by atoms with Gasteiger partial charge in [0.25, 0.3) is 0 Å². The molecule has 1 atom stereocenters. The first-order chi connectivity index (χ1) is 8.77. The second kappa shape index (κ2) is 7.13. The average molecular weight is 253 g/mol. The van der Waals surface area contributed by atoms with Crippen LogP contribution >= 0.6 is 0 Å². The van der Waals surface area contributed by atoms with Gasteiger partial charge in [-0.3, -0.25) is 4.79 Å². The molecule has 104 valence electrons. The predicted octanol–water partition coefficient (Wildman–Crippen LogP) is 3.02. The van der Waals surface area contributed by atoms with Crippen molar-refractivity contribution in [1.82, 2.24) is 0 Å². The van der Waals surface area contributed by atoms with E-state index in [1.54, 1.807) is 0 Å². The van der Waals surface area contributed by atoms with Crippen molar-refractivity contribution >= 4 is 5.97 Å². The summed E-state index contributed by atoms with van der Waals surface area (Å²) in [5.41, 5.74) is 6.03. The summed E-state index contributed by atoms with van der Waals surface area (Å²) >= 11 is 0. The second-order valence-corrected chi connectivity index (χ2v) is 6.06. The van der Waals surface area contributed by atoms with Crippen LogP contribution in [0.5, 0.6) is 0 Å². The Bertz CT molecular complexity index is 255. The zero-order chi connectivity index (χ0) is 12.8. The van der Waals surface area contributed by atoms with E-state index in [0.29, 0.717) is 18.4 Å². The van der Waals surface area contributed by atoms with E-state index in [2.05, 4.69) is 0 Å². The Morgan fingerprint density at radius 2 is 1.56 bits per heavy atom. The molecule has 18 heavy (non-hydrogen) atoms. The quantitative estimate of drug-likeness (QED) is 0.784. The Hall–Kier alpha value is -0.570. The van der Waals surface area contributed by atoms with Crippen molar-refractivity contribution in [1.29, 1.82) is 0 Å². The molecule has 0 amide bonds. The summed E-state index contributed by atoms with van der Waals surface area (Å²) in [5, 5.41) is 0. The normalized spacial score (nSPS) is 24.7. The maximum absolute atomic E-state index is 11.9. The molecule has 0 aromatic rings. The largest absolute Gasteiger partial charge is 0.464 e. The molecule has 2 fully saturated rings. The summed E-state index contributed by atoms with van der Waals surface area (Å²) in [6.07, 6.45) is 12.3. The number of hydrogen-bond donors (Lipinski definition) is 1. The third-order valence-corrected chi connectivity index (χ3v) is 4.62. The van der Waals surface area contributed by atoms with Gasteiger partial charge in [0.15, 0.2) is 0 Å². The summed E-state index contributed by atoms with van der Waals surface area (Å²) in [7, 11) is 0. The van der Waals surface area contributed by atoms with Crippen molar-refractivity contribution in [2.24, 2.45) is 17.6 Å². The Morgan fingerprint density at radius 1 is 1.00 bits per heavy atom. The van der Waals surface area contributed by atoms with Gasteiger partial charge in [0.2, 0.25) is 0 Å². The number of nitrogens with two attached hydrogens (primary N) is 1. The fourth-order valence-corrected chi connectivity index (χ4v) is 3.34. The van der Waals surface area contributed by atoms with E-state index in [1.165, 1.54) is 51.4 Å². The third kappa shape index (κ3) is 3.98. The van der Waals surface area contributed by atoms with E-state index >= 15 is 0 Å². The molecular weight excluding hydrogens is 226 g/mol. The smallest absolute Gasteiger partial charge is 0.323 e. The van der Waals surface area contributed by atoms with E-state index in [4.69, 9.17) is 10.5 Å². The topological polar surface area (TPSA) is 52.3 Å². The number of rotatable bonds is 4. The number of hydrogen-bond acceptors (Lipinski definition) is 3. The minimum absolute atomic E-state index is 0.160. The van der Waals surface area contributed by atoms with E-state index in [9.17, 15) is 4.79 Å². The van der Waals surface area contributed by atoms with E-state index < -0.39 is 0 Å². The predicted molar refractivity (Wildman–Crippen MR) is 72.1 cm³/mol. The Labute approximate surface area is 110 Å². The fraction of sp³-hybridized carbons (Fsp3) is 0.933. The number of carbonyl (C=O) groups excluding carboxylic acids is 1. The second-order valence-electron chi connectivity index (χ2n) is 6.06. The highest BCUT2D eigenvalue weighted by molar-refractivity contribution is 5.75. The molecule has 1 unspecified atom stereocenters. The molecule has 2 aliphatic rings. The van der Waals surface area contributed by atoms with Gasteiger partial charge in [0.1, 0.15) is 6.04 Å². The van der Waals surface area contributed by atoms with Gasteiger partial charge in [0.05, 0.1) is 6.61 Å². The van der Waals surface area contributed by atoms with Crippen molar-refractivity contribution in [3.8, 4) is 0 Å². The lowest BCUT2D eigenvalue weighted by molar-refractivity contribution is -0.148. The molecule has 2 rings (SSSR count). The van der Waals surface area contributed by atoms with Crippen molar-refractivity contribution in [3.05, 3.63) is 0 Å². The van der Waals surface area contributed by atoms with Crippen LogP contribution < -0.4 is 5.73 Å². The number of esters is 1. The van der Waals surface area contributed by atoms with Crippen molar-refractivity contribution in [3.63, 3.8) is 0 Å². The van der Waals surface area contributed by atoms with Gasteiger partial charge < -0.3 is 10.5 Å². The van der Waals surface area contributed by atoms with E-state index in [1.807, 2.05) is 0 Å². The summed E-state index contributed by atoms with van der Waals surface area (Å²) in [6.45, 7) is 0.596. The average Bonchev–Trinajstić information content (AvgIpc) is 2.46. The molecule has 2 aliphatic carbocycles. The lowest BCUT2D eigenvalue weighted by Gasteiger charge is -2.27. The van der Waals surface area contributed by atoms with Crippen LogP contribution in [0.15, 0.2) is 0 Å². The Kier molecular flexibility index (Phi) is 5.48. The van der Waals surface area contributed by atoms with Gasteiger partial charge in [-0.2, -0.15) is 0 Å². The van der Waals surface area contributed by atoms with Gasteiger partial charge in [-0.25, -0.2) is 0 Å². The number of carbonyl (C=O) groups is 1. The van der Waals surface area contributed by atoms with Crippen LogP contribution in [0.1, 0.15) is 64.2 Å². The highest BCUT2D eigenvalue weighted by Crippen LogP contribution is 2.27. The van der Waals surface area contributed by atoms with E-state index in [0.717, 1.165) is 12.8 Å².